The van der Waals surface area contributed by atoms with E-state index in [1.54, 1.807) is 39.8 Å². The Kier molecular flexibility index (Phi) is 10.5. The molecule has 0 spiro atoms. The summed E-state index contributed by atoms with van der Waals surface area (Å²) in [5, 5.41) is 8.15. The van der Waals surface area contributed by atoms with Gasteiger partial charge in [-0.1, -0.05) is 77.3 Å². The predicted octanol–water partition coefficient (Wildman–Crippen LogP) is 2.25. The van der Waals surface area contributed by atoms with Crippen LogP contribution in [0.1, 0.15) is 82.6 Å². The van der Waals surface area contributed by atoms with E-state index >= 15 is 0 Å². The van der Waals surface area contributed by atoms with Gasteiger partial charge in [-0.05, 0) is 43.4 Å². The zero-order valence-corrected chi connectivity index (χ0v) is 25.5. The van der Waals surface area contributed by atoms with Gasteiger partial charge < -0.3 is 26.6 Å². The minimum Gasteiger partial charge on any atom is -0.363 e. The summed E-state index contributed by atoms with van der Waals surface area (Å²) >= 11 is 0. The van der Waals surface area contributed by atoms with Crippen molar-refractivity contribution in [2.75, 3.05) is 6.54 Å². The lowest BCUT2D eigenvalue weighted by Gasteiger charge is -2.36. The van der Waals surface area contributed by atoms with Crippen LogP contribution in [0.4, 0.5) is 4.79 Å². The highest BCUT2D eigenvalue weighted by Gasteiger charge is 2.45. The molecule has 42 heavy (non-hydrogen) atoms. The second-order valence-corrected chi connectivity index (χ2v) is 12.9. The Bertz CT molecular complexity index is 1200. The first kappa shape index (κ1) is 32.8. The van der Waals surface area contributed by atoms with Crippen molar-refractivity contribution in [3.63, 3.8) is 0 Å². The molecule has 1 aromatic carbocycles. The number of carbonyl (C=O) groups excluding carboxylic acids is 6. The minimum atomic E-state index is -1.11. The van der Waals surface area contributed by atoms with Gasteiger partial charge in [0, 0.05) is 12.1 Å². The highest BCUT2D eigenvalue weighted by Crippen LogP contribution is 2.34. The fraction of sp³-hybridized carbons (Fsp3) is 0.613. The summed E-state index contributed by atoms with van der Waals surface area (Å²) in [5.41, 5.74) is 5.98. The van der Waals surface area contributed by atoms with Gasteiger partial charge in [-0.3, -0.25) is 24.0 Å². The van der Waals surface area contributed by atoms with E-state index in [1.165, 1.54) is 4.90 Å². The molecule has 5 amide bonds. The van der Waals surface area contributed by atoms with E-state index in [-0.39, 0.29) is 24.2 Å². The minimum absolute atomic E-state index is 0.00975. The summed E-state index contributed by atoms with van der Waals surface area (Å²) in [6.45, 7) is 11.3. The van der Waals surface area contributed by atoms with Crippen molar-refractivity contribution in [2.24, 2.45) is 23.0 Å². The van der Waals surface area contributed by atoms with E-state index in [4.69, 9.17) is 5.73 Å². The normalized spacial score (nSPS) is 20.7. The lowest BCUT2D eigenvalue weighted by Crippen LogP contribution is -2.60. The van der Waals surface area contributed by atoms with Gasteiger partial charge in [-0.15, -0.1) is 0 Å². The van der Waals surface area contributed by atoms with E-state index in [9.17, 15) is 28.8 Å². The van der Waals surface area contributed by atoms with Crippen LogP contribution in [0.5, 0.6) is 0 Å². The van der Waals surface area contributed by atoms with Crippen LogP contribution >= 0.6 is 0 Å². The van der Waals surface area contributed by atoms with Crippen LogP contribution in [0.25, 0.3) is 0 Å². The summed E-state index contributed by atoms with van der Waals surface area (Å²) in [7, 11) is 0. The van der Waals surface area contributed by atoms with Crippen molar-refractivity contribution in [1.29, 1.82) is 0 Å². The molecule has 1 saturated carbocycles. The molecule has 3 unspecified atom stereocenters. The van der Waals surface area contributed by atoms with Crippen molar-refractivity contribution in [3.05, 3.63) is 35.4 Å². The second-order valence-electron chi connectivity index (χ2n) is 12.9. The predicted molar refractivity (Wildman–Crippen MR) is 157 cm³/mol. The molecule has 1 heterocycles. The van der Waals surface area contributed by atoms with Crippen LogP contribution in [0.15, 0.2) is 24.3 Å². The van der Waals surface area contributed by atoms with Crippen LogP contribution in [-0.2, 0) is 19.2 Å². The first-order valence-corrected chi connectivity index (χ1v) is 14.7. The van der Waals surface area contributed by atoms with Gasteiger partial charge >= 0.3 is 6.03 Å². The number of primary amides is 1. The van der Waals surface area contributed by atoms with Crippen LogP contribution in [0, 0.1) is 24.2 Å². The number of nitrogens with two attached hydrogens (primary N) is 1. The molecule has 2 aliphatic rings. The van der Waals surface area contributed by atoms with Gasteiger partial charge in [0.15, 0.2) is 5.78 Å². The average Bonchev–Trinajstić information content (AvgIpc) is 3.65. The van der Waals surface area contributed by atoms with Gasteiger partial charge in [0.25, 0.3) is 5.91 Å². The maximum absolute atomic E-state index is 13.9. The summed E-state index contributed by atoms with van der Waals surface area (Å²) in [5.74, 6) is -2.93. The first-order valence-electron chi connectivity index (χ1n) is 14.7. The number of benzene rings is 1. The quantitative estimate of drug-likeness (QED) is 0.217. The number of aryl methyl sites for hydroxylation is 1. The van der Waals surface area contributed by atoms with Crippen LogP contribution in [0.2, 0.25) is 0 Å². The average molecular weight is 584 g/mol. The lowest BCUT2D eigenvalue weighted by molar-refractivity contribution is -0.143. The van der Waals surface area contributed by atoms with E-state index in [2.05, 4.69) is 16.0 Å². The van der Waals surface area contributed by atoms with Crippen LogP contribution < -0.4 is 21.7 Å². The van der Waals surface area contributed by atoms with Gasteiger partial charge in [0.1, 0.15) is 12.1 Å². The summed E-state index contributed by atoms with van der Waals surface area (Å²) in [6.07, 6.45) is 2.88. The molecule has 11 nitrogen and oxygen atoms in total. The topological polar surface area (TPSA) is 168 Å². The number of urea groups is 1. The number of hydrogen-bond acceptors (Lipinski definition) is 6. The molecule has 5 N–H and O–H groups in total. The molecule has 5 atom stereocenters. The summed E-state index contributed by atoms with van der Waals surface area (Å²) < 4.78 is 0. The number of hydrogen-bond donors (Lipinski definition) is 4. The van der Waals surface area contributed by atoms with Crippen molar-refractivity contribution in [3.8, 4) is 0 Å². The monoisotopic (exact) mass is 583 g/mol. The fourth-order valence-electron chi connectivity index (χ4n) is 5.31. The fourth-order valence-corrected chi connectivity index (χ4v) is 5.31. The molecule has 1 saturated heterocycles. The Morgan fingerprint density at radius 3 is 2.12 bits per heavy atom. The SMILES string of the molecule is CCC(NC(=O)NC(C(=O)N1C[C@H](C)C[C@H]1C(=O)NC(CC1CC1)C(=O)C(N)=O)C(C)(C)C)C(=O)c1ccc(C)cc1. The molecule has 0 aromatic heterocycles. The van der Waals surface area contributed by atoms with Gasteiger partial charge in [-0.2, -0.15) is 0 Å². The highest BCUT2D eigenvalue weighted by molar-refractivity contribution is 6.37. The molecular weight excluding hydrogens is 538 g/mol. The maximum Gasteiger partial charge on any atom is 0.316 e. The van der Waals surface area contributed by atoms with Crippen LogP contribution in [0.3, 0.4) is 0 Å². The van der Waals surface area contributed by atoms with Gasteiger partial charge in [0.05, 0.1) is 12.1 Å². The highest BCUT2D eigenvalue weighted by atomic mass is 16.2. The molecule has 0 bridgehead atoms. The largest absolute Gasteiger partial charge is 0.363 e. The number of nitrogens with zero attached hydrogens (tertiary/aromatic N) is 1. The Morgan fingerprint density at radius 2 is 1.60 bits per heavy atom. The number of nitrogens with one attached hydrogen (secondary N) is 3. The molecule has 11 heteroatoms. The Morgan fingerprint density at radius 1 is 0.976 bits per heavy atom. The first-order chi connectivity index (χ1) is 19.6. The molecule has 1 aliphatic carbocycles. The third kappa shape index (κ3) is 8.39. The number of amides is 5. The zero-order valence-electron chi connectivity index (χ0n) is 25.5. The van der Waals surface area contributed by atoms with Crippen molar-refractivity contribution in [1.82, 2.24) is 20.9 Å². The van der Waals surface area contributed by atoms with E-state index in [1.807, 2.05) is 26.0 Å². The number of Topliss-reactive ketones (excluding diaryl/α,β-unsaturated/α-hetero) is 2. The van der Waals surface area contributed by atoms with Crippen LogP contribution in [-0.4, -0.2) is 70.9 Å². The van der Waals surface area contributed by atoms with E-state index < -0.39 is 59.1 Å². The third-order valence-corrected chi connectivity index (χ3v) is 7.99. The van der Waals surface area contributed by atoms with Gasteiger partial charge in [-0.25, -0.2) is 4.79 Å². The molecular formula is C31H45N5O6. The van der Waals surface area contributed by atoms with Crippen molar-refractivity contribution in [2.45, 2.75) is 97.8 Å². The Balaban J connectivity index is 1.74. The smallest absolute Gasteiger partial charge is 0.316 e. The summed E-state index contributed by atoms with van der Waals surface area (Å²) in [4.78, 5) is 79.0. The number of rotatable bonds is 12. The number of carbonyl (C=O) groups is 6. The van der Waals surface area contributed by atoms with E-state index in [0.717, 1.165) is 18.4 Å². The molecule has 0 radical (unpaired) electrons. The number of likely N-dealkylation sites (tertiary alicyclic amines) is 1. The van der Waals surface area contributed by atoms with Gasteiger partial charge in [0.2, 0.25) is 17.6 Å². The molecule has 2 fully saturated rings. The zero-order chi connectivity index (χ0) is 31.4. The summed E-state index contributed by atoms with van der Waals surface area (Å²) in [6, 6.07) is 2.71. The standard InChI is InChI=1S/C31H45N5O6/c1-7-21(24(37)20-12-8-17(2)9-13-20)34-30(42)35-26(31(4,5)6)29(41)36-16-18(3)14-23(36)28(40)33-22(15-19-10-11-19)25(38)27(32)39/h8-9,12-13,18-19,21-23,26H,7,10-11,14-16H2,1-6H3,(H2,32,39)(H,33,40)(H2,34,35,42)/t18-,21?,22?,23+,26?/m1/s1. The third-order valence-electron chi connectivity index (χ3n) is 7.99. The Hall–Kier alpha value is -3.76. The maximum atomic E-state index is 13.9. The second kappa shape index (κ2) is 13.5. The Labute approximate surface area is 247 Å². The molecule has 1 aliphatic heterocycles. The number of ketones is 2. The van der Waals surface area contributed by atoms with E-state index in [0.29, 0.717) is 24.8 Å². The lowest BCUT2D eigenvalue weighted by atomic mass is 9.85. The van der Waals surface area contributed by atoms with Crippen molar-refractivity contribution < 1.29 is 28.8 Å². The molecule has 1 aromatic rings. The molecule has 230 valence electrons. The van der Waals surface area contributed by atoms with Crippen molar-refractivity contribution >= 4 is 35.3 Å². The molecule has 3 rings (SSSR count).